The van der Waals surface area contributed by atoms with Crippen LogP contribution >= 0.6 is 0 Å². The summed E-state index contributed by atoms with van der Waals surface area (Å²) >= 11 is 0. The van der Waals surface area contributed by atoms with E-state index < -0.39 is 192 Å². The van der Waals surface area contributed by atoms with Crippen molar-refractivity contribution in [1.29, 1.82) is 0 Å². The molecule has 115 heavy (non-hydrogen) atoms. The highest BCUT2D eigenvalue weighted by atomic mass is 28.5. The third-order valence-corrected chi connectivity index (χ3v) is 88.9. The first kappa shape index (κ1) is 119. The molecule has 0 saturated heterocycles. The number of carbonyl (C=O) groups excluding carboxylic acids is 4. The minimum absolute atomic E-state index is 0.00931. The Morgan fingerprint density at radius 3 is 0.713 bits per heavy atom. The smallest absolute Gasteiger partial charge is 0.440 e. The third-order valence-electron chi connectivity index (χ3n) is 16.8. The molecule has 0 aliphatic rings. The molecule has 0 aromatic rings. The zero-order valence-electron chi connectivity index (χ0n) is 80.4. The van der Waals surface area contributed by atoms with E-state index in [4.69, 9.17) is 79.1 Å². The molecule has 0 aromatic heterocycles. The summed E-state index contributed by atoms with van der Waals surface area (Å²) in [7, 11) is -51.1. The molecule has 0 aliphatic heterocycles. The number of Topliss-reactive ketones (excluding diaryl/α,β-unsaturated/α-hetero) is 4. The predicted octanol–water partition coefficient (Wildman–Crippen LogP) is 17.1. The first-order valence-corrected chi connectivity index (χ1v) is 99.0. The van der Waals surface area contributed by atoms with Crippen LogP contribution < -0.4 is 0 Å². The second kappa shape index (κ2) is 47.4. The molecule has 0 aliphatic carbocycles. The molecule has 0 rings (SSSR count). The maximum absolute atomic E-state index is 14.0. The number of rotatable bonds is 61. The summed E-state index contributed by atoms with van der Waals surface area (Å²) in [6.07, 6.45) is 2.31. The minimum atomic E-state index is -3.84. The second-order valence-electron chi connectivity index (χ2n) is 40.1. The zero-order valence-corrected chi connectivity index (χ0v) is 102. The highest BCUT2D eigenvalue weighted by molar-refractivity contribution is 6.95. The summed E-state index contributed by atoms with van der Waals surface area (Å²) in [6, 6.07) is 2.17. The van der Waals surface area contributed by atoms with Crippen LogP contribution in [0.15, 0.2) is 12.2 Å². The van der Waals surface area contributed by atoms with Gasteiger partial charge in [0.1, 0.15) is 17.3 Å². The summed E-state index contributed by atoms with van der Waals surface area (Å²) in [4.78, 5) is 94.2. The van der Waals surface area contributed by atoms with Gasteiger partial charge in [0.25, 0.3) is 0 Å². The molecule has 0 saturated carbocycles. The van der Waals surface area contributed by atoms with Gasteiger partial charge < -0.3 is 98.3 Å². The predicted molar refractivity (Wildman–Crippen MR) is 515 cm³/mol. The Hall–Kier alpha value is 2.05. The zero-order chi connectivity index (χ0) is 91.3. The molecule has 0 spiro atoms. The quantitative estimate of drug-likeness (QED) is 0.0325. The lowest BCUT2D eigenvalue weighted by molar-refractivity contribution is -0.122. The second-order valence-corrected chi connectivity index (χ2v) is 115. The van der Waals surface area contributed by atoms with Crippen molar-refractivity contribution in [3.63, 3.8) is 0 Å². The molecule has 0 aromatic carbocycles. The lowest BCUT2D eigenvalue weighted by Crippen LogP contribution is -2.62. The minimum Gasteiger partial charge on any atom is -0.440 e. The molecular weight excluding hydrogens is 1830 g/mol. The molecule has 0 fully saturated rings. The van der Waals surface area contributed by atoms with E-state index in [1.54, 1.807) is 14.0 Å². The van der Waals surface area contributed by atoms with Crippen LogP contribution in [0.5, 0.6) is 0 Å². The van der Waals surface area contributed by atoms with Crippen molar-refractivity contribution in [2.75, 3.05) is 21.3 Å². The molecule has 48 heteroatoms. The van der Waals surface area contributed by atoms with E-state index in [1.165, 1.54) is 14.2 Å². The summed E-state index contributed by atoms with van der Waals surface area (Å²) in [6.45, 7) is 86.4. The molecule has 0 radical (unpaired) electrons. The van der Waals surface area contributed by atoms with Crippen molar-refractivity contribution in [1.82, 2.24) is 0 Å². The Morgan fingerprint density at radius 2 is 0.513 bits per heavy atom. The van der Waals surface area contributed by atoms with Crippen molar-refractivity contribution in [2.24, 2.45) is 17.8 Å². The molecule has 4 N–H and O–H groups in total. The highest BCUT2D eigenvalue weighted by Crippen LogP contribution is 2.39. The van der Waals surface area contributed by atoms with Crippen LogP contribution in [-0.4, -0.2) is 244 Å². The molecular formula is C67H170O27Si21. The van der Waals surface area contributed by atoms with Crippen LogP contribution in [0.1, 0.15) is 79.1 Å². The fraction of sp³-hybridized carbons (Fsp3) is 0.910. The molecule has 684 valence electrons. The molecule has 3 atom stereocenters. The average Bonchev–Trinajstić information content (AvgIpc) is 0.788. The fourth-order valence-electron chi connectivity index (χ4n) is 15.2. The lowest BCUT2D eigenvalue weighted by Gasteiger charge is -2.46. The van der Waals surface area contributed by atoms with Gasteiger partial charge in [-0.25, -0.2) is 0 Å². The van der Waals surface area contributed by atoms with Crippen LogP contribution in [0.2, 0.25) is 278 Å². The maximum atomic E-state index is 14.0. The van der Waals surface area contributed by atoms with Gasteiger partial charge in [-0.15, -0.1) is 0 Å². The van der Waals surface area contributed by atoms with Crippen LogP contribution in [0.3, 0.4) is 0 Å². The van der Waals surface area contributed by atoms with Gasteiger partial charge in [-0.2, -0.15) is 0 Å². The van der Waals surface area contributed by atoms with Crippen LogP contribution in [0.25, 0.3) is 0 Å². The van der Waals surface area contributed by atoms with E-state index in [-0.39, 0.29) is 73.2 Å². The van der Waals surface area contributed by atoms with Gasteiger partial charge in [-0.3, -0.25) is 19.2 Å². The first-order valence-electron chi connectivity index (χ1n) is 41.3. The number of hydrogen-bond acceptors (Lipinski definition) is 27. The van der Waals surface area contributed by atoms with E-state index in [0.29, 0.717) is 55.1 Å². The van der Waals surface area contributed by atoms with Crippen LogP contribution in [0, 0.1) is 17.8 Å². The maximum Gasteiger partial charge on any atom is 0.495 e. The number of hydrogen-bond donors (Lipinski definition) is 4. The Bertz CT molecular complexity index is 2840. The van der Waals surface area contributed by atoms with Crippen molar-refractivity contribution in [2.45, 2.75) is 357 Å². The third kappa shape index (κ3) is 56.1. The first-order chi connectivity index (χ1) is 50.8. The fourth-order valence-corrected chi connectivity index (χ4v) is 104. The normalized spacial score (nSPS) is 15.9. The highest BCUT2D eigenvalue weighted by Gasteiger charge is 2.56. The van der Waals surface area contributed by atoms with E-state index in [9.17, 15) is 38.4 Å². The summed E-state index contributed by atoms with van der Waals surface area (Å²) < 4.78 is 124. The van der Waals surface area contributed by atoms with Gasteiger partial charge in [0, 0.05) is 88.9 Å². The Labute approximate surface area is 723 Å². The van der Waals surface area contributed by atoms with Crippen molar-refractivity contribution >= 4 is 204 Å². The largest absolute Gasteiger partial charge is 0.495 e. The van der Waals surface area contributed by atoms with Crippen LogP contribution in [0.4, 0.5) is 0 Å². The van der Waals surface area contributed by atoms with E-state index in [2.05, 4.69) is 216 Å². The molecule has 27 nitrogen and oxygen atoms in total. The van der Waals surface area contributed by atoms with Gasteiger partial charge in [0.2, 0.25) is 0 Å². The number of carbonyl (C=O) groups is 4. The van der Waals surface area contributed by atoms with Gasteiger partial charge in [-0.05, 0) is 292 Å². The van der Waals surface area contributed by atoms with Gasteiger partial charge in [0.05, 0.1) is 0 Å². The van der Waals surface area contributed by atoms with Crippen molar-refractivity contribution in [3.05, 3.63) is 12.2 Å². The summed E-state index contributed by atoms with van der Waals surface area (Å²) in [5.74, 6) is -1.24. The van der Waals surface area contributed by atoms with Crippen molar-refractivity contribution < 1.29 is 117 Å². The van der Waals surface area contributed by atoms with Crippen molar-refractivity contribution in [3.8, 4) is 0 Å². The Balaban J connectivity index is 0. The summed E-state index contributed by atoms with van der Waals surface area (Å²) in [5.41, 5.74) is 0.441. The number of ketones is 4. The van der Waals surface area contributed by atoms with E-state index in [1.807, 2.05) is 47.0 Å². The van der Waals surface area contributed by atoms with Crippen LogP contribution in [-0.2, 0) is 98.3 Å². The topological polar surface area (TPSA) is 325 Å². The van der Waals surface area contributed by atoms with Gasteiger partial charge >= 0.3 is 121 Å². The molecule has 3 unspecified atom stereocenters. The Kier molecular flexibility index (Phi) is 49.1. The molecule has 0 heterocycles. The standard InChI is InChI=1S/C43H96O16Si9.C24H74O11Si12/c1-36(2)40(44)25-23-32-68(57-62(15,16)33-37(3)41(45)26-21-29-65(48,49)52-6,58-63(17,18)34-38(4)42(46)27-22-30-66(50,51)53-7)59-64(19,20)35-39(5)43(47)28-24-31-67(54-8,55-60(9,10)11)56-61(12,13)14;1-36(2)25-38(5,6)27-40(9,10)29-42(13,14)31-44(17,18)33-46(21,22)35-47(23,24)34-45(19,20)32-43(15,16)30-41(11,12)28-39(7,8)26-37(3)4/h37-39,48-51H,1,21-35H2,2-20H3;36-37H,1-24H3. The molecule has 0 amide bonds. The lowest BCUT2D eigenvalue weighted by atomic mass is 10.1. The monoisotopic (exact) mass is 1990 g/mol. The van der Waals surface area contributed by atoms with E-state index in [0.717, 1.165) is 0 Å². The summed E-state index contributed by atoms with van der Waals surface area (Å²) in [5, 5.41) is 0. The van der Waals surface area contributed by atoms with Gasteiger partial charge in [0.15, 0.2) is 65.5 Å². The number of allylic oxidation sites excluding steroid dienone is 1. The van der Waals surface area contributed by atoms with E-state index >= 15 is 0 Å². The average molecular weight is 2000 g/mol. The van der Waals surface area contributed by atoms with Gasteiger partial charge in [-0.1, -0.05) is 27.4 Å². The SMILES string of the molecule is C=C(C)C(=O)CCC[Si](O[Si](C)(C)CC(C)C(=O)CCC[Si](O)(O)OC)(O[Si](C)(C)CC(C)C(=O)CCC[Si](O)(O)OC)O[Si](C)(C)CC(C)C(=O)CCC[Si](OC)(O[Si](C)(C)C)O[Si](C)(C)C.C[SiH](C)O[Si](C)(C)O[Si](C)(C)O[Si](C)(C)O[Si](C)(C)O[Si](C)(C)O[Si](C)(C)O[Si](C)(C)O[Si](C)(C)O[Si](C)(C)O[Si](C)(C)O[SiH](C)C. The Morgan fingerprint density at radius 1 is 0.304 bits per heavy atom. The molecule has 0 bridgehead atoms.